The summed E-state index contributed by atoms with van der Waals surface area (Å²) in [6.07, 6.45) is 1.43. The zero-order valence-corrected chi connectivity index (χ0v) is 15.6. The minimum atomic E-state index is -0.487. The van der Waals surface area contributed by atoms with Gasteiger partial charge in [-0.1, -0.05) is 29.8 Å². The number of rotatable bonds is 4. The number of nitrogens with one attached hydrogen (secondary N) is 1. The van der Waals surface area contributed by atoms with Crippen LogP contribution < -0.4 is 15.2 Å². The molecule has 0 radical (unpaired) electrons. The van der Waals surface area contributed by atoms with Gasteiger partial charge in [-0.3, -0.25) is 15.0 Å². The third-order valence-corrected chi connectivity index (χ3v) is 4.55. The smallest absolute Gasteiger partial charge is 0.282 e. The standard InChI is InChI=1S/C21H15ClN2O4/c1-27-19-9-7-13(11-17(19)22)18-10-8-15(28-18)12-16-20(25)23-24(21(16)26)14-5-3-2-4-6-14/h2-12H,1H3,(H,23,25). The minimum Gasteiger partial charge on any atom is -0.495 e. The van der Waals surface area contributed by atoms with Crippen LogP contribution in [-0.4, -0.2) is 18.9 Å². The fourth-order valence-electron chi connectivity index (χ4n) is 2.86. The van der Waals surface area contributed by atoms with Crippen LogP contribution in [0.2, 0.25) is 5.02 Å². The Kier molecular flexibility index (Phi) is 4.63. The molecule has 1 aliphatic rings. The molecular weight excluding hydrogens is 380 g/mol. The van der Waals surface area contributed by atoms with Crippen molar-refractivity contribution in [3.05, 3.63) is 77.0 Å². The van der Waals surface area contributed by atoms with Crippen LogP contribution in [0.15, 0.2) is 70.7 Å². The van der Waals surface area contributed by atoms with E-state index in [9.17, 15) is 9.59 Å². The van der Waals surface area contributed by atoms with E-state index in [4.69, 9.17) is 20.8 Å². The third-order valence-electron chi connectivity index (χ3n) is 4.26. The van der Waals surface area contributed by atoms with Gasteiger partial charge < -0.3 is 9.15 Å². The number of carbonyl (C=O) groups is 2. The first-order valence-corrected chi connectivity index (χ1v) is 8.80. The number of halogens is 1. The Balaban J connectivity index is 1.61. The average Bonchev–Trinajstić information content (AvgIpc) is 3.29. The average molecular weight is 395 g/mol. The predicted octanol–water partition coefficient (Wildman–Crippen LogP) is 4.07. The van der Waals surface area contributed by atoms with Crippen molar-refractivity contribution in [3.8, 4) is 17.1 Å². The van der Waals surface area contributed by atoms with Crippen LogP contribution in [0.3, 0.4) is 0 Å². The Morgan fingerprint density at radius 1 is 1.07 bits per heavy atom. The van der Waals surface area contributed by atoms with Crippen molar-refractivity contribution in [1.29, 1.82) is 0 Å². The lowest BCUT2D eigenvalue weighted by atomic mass is 10.1. The summed E-state index contributed by atoms with van der Waals surface area (Å²) in [6.45, 7) is 0. The Bertz CT molecular complexity index is 1090. The number of para-hydroxylation sites is 1. The highest BCUT2D eigenvalue weighted by atomic mass is 35.5. The first-order valence-electron chi connectivity index (χ1n) is 8.43. The topological polar surface area (TPSA) is 71.8 Å². The number of carbonyl (C=O) groups excluding carboxylic acids is 2. The van der Waals surface area contributed by atoms with Gasteiger partial charge in [-0.2, -0.15) is 0 Å². The van der Waals surface area contributed by atoms with Gasteiger partial charge in [0.2, 0.25) is 0 Å². The van der Waals surface area contributed by atoms with Crippen LogP contribution in [0.1, 0.15) is 5.76 Å². The van der Waals surface area contributed by atoms with Gasteiger partial charge in [-0.25, -0.2) is 5.01 Å². The first-order chi connectivity index (χ1) is 13.6. The summed E-state index contributed by atoms with van der Waals surface area (Å²) in [4.78, 5) is 24.9. The van der Waals surface area contributed by atoms with Crippen LogP contribution in [0.4, 0.5) is 5.69 Å². The second-order valence-electron chi connectivity index (χ2n) is 6.03. The lowest BCUT2D eigenvalue weighted by Crippen LogP contribution is -2.35. The molecule has 2 amide bonds. The molecule has 1 aromatic heterocycles. The summed E-state index contributed by atoms with van der Waals surface area (Å²) in [7, 11) is 1.54. The normalized spacial score (nSPS) is 15.2. The second kappa shape index (κ2) is 7.25. The van der Waals surface area contributed by atoms with E-state index >= 15 is 0 Å². The molecular formula is C21H15ClN2O4. The lowest BCUT2D eigenvalue weighted by Gasteiger charge is -2.13. The summed E-state index contributed by atoms with van der Waals surface area (Å²) in [6, 6.07) is 17.6. The van der Waals surface area contributed by atoms with Crippen molar-refractivity contribution in [2.24, 2.45) is 0 Å². The van der Waals surface area contributed by atoms with Crippen LogP contribution in [0.25, 0.3) is 17.4 Å². The maximum Gasteiger partial charge on any atom is 0.282 e. The quantitative estimate of drug-likeness (QED) is 0.535. The van der Waals surface area contributed by atoms with E-state index in [1.165, 1.54) is 11.1 Å². The third kappa shape index (κ3) is 3.25. The van der Waals surface area contributed by atoms with Crippen molar-refractivity contribution >= 4 is 35.2 Å². The molecule has 0 unspecified atom stereocenters. The fraction of sp³-hybridized carbons (Fsp3) is 0.0476. The molecule has 1 N–H and O–H groups in total. The van der Waals surface area contributed by atoms with E-state index in [0.717, 1.165) is 5.56 Å². The molecule has 3 aromatic rings. The summed E-state index contributed by atoms with van der Waals surface area (Å²) in [5.74, 6) is 0.576. The fourth-order valence-corrected chi connectivity index (χ4v) is 3.12. The van der Waals surface area contributed by atoms with E-state index in [1.54, 1.807) is 55.6 Å². The van der Waals surface area contributed by atoms with Crippen LogP contribution >= 0.6 is 11.6 Å². The van der Waals surface area contributed by atoms with Crippen molar-refractivity contribution < 1.29 is 18.7 Å². The van der Waals surface area contributed by atoms with Gasteiger partial charge in [0.1, 0.15) is 22.8 Å². The molecule has 4 rings (SSSR count). The number of hydrogen-bond acceptors (Lipinski definition) is 4. The van der Waals surface area contributed by atoms with Gasteiger partial charge in [0, 0.05) is 5.56 Å². The van der Waals surface area contributed by atoms with Crippen LogP contribution in [0.5, 0.6) is 5.75 Å². The zero-order chi connectivity index (χ0) is 19.7. The Labute approximate surface area is 165 Å². The number of hydrazine groups is 1. The highest BCUT2D eigenvalue weighted by Crippen LogP contribution is 2.31. The maximum absolute atomic E-state index is 12.6. The molecule has 7 heteroatoms. The van der Waals surface area contributed by atoms with E-state index < -0.39 is 11.8 Å². The van der Waals surface area contributed by atoms with Crippen molar-refractivity contribution in [2.75, 3.05) is 12.1 Å². The lowest BCUT2D eigenvalue weighted by molar-refractivity contribution is -0.117. The molecule has 0 atom stereocenters. The highest BCUT2D eigenvalue weighted by molar-refractivity contribution is 6.32. The van der Waals surface area contributed by atoms with Gasteiger partial charge in [0.05, 0.1) is 17.8 Å². The summed E-state index contributed by atoms with van der Waals surface area (Å²) >= 11 is 6.15. The molecule has 0 aliphatic carbocycles. The van der Waals surface area contributed by atoms with Crippen LogP contribution in [0, 0.1) is 0 Å². The van der Waals surface area contributed by atoms with Crippen molar-refractivity contribution in [3.63, 3.8) is 0 Å². The van der Waals surface area contributed by atoms with Gasteiger partial charge in [-0.05, 0) is 48.5 Å². The van der Waals surface area contributed by atoms with Crippen LogP contribution in [-0.2, 0) is 9.59 Å². The monoisotopic (exact) mass is 394 g/mol. The maximum atomic E-state index is 12.6. The summed E-state index contributed by atoms with van der Waals surface area (Å²) < 4.78 is 10.9. The molecule has 1 aliphatic heterocycles. The molecule has 0 saturated carbocycles. The molecule has 1 fully saturated rings. The number of amides is 2. The second-order valence-corrected chi connectivity index (χ2v) is 6.43. The van der Waals surface area contributed by atoms with E-state index in [0.29, 0.717) is 28.0 Å². The molecule has 140 valence electrons. The largest absolute Gasteiger partial charge is 0.495 e. The van der Waals surface area contributed by atoms with E-state index in [1.807, 2.05) is 12.1 Å². The zero-order valence-electron chi connectivity index (χ0n) is 14.8. The number of methoxy groups -OCH3 is 1. The Hall–Kier alpha value is -3.51. The SMILES string of the molecule is COc1ccc(-c2ccc(C=C3C(=O)NN(c4ccccc4)C3=O)o2)cc1Cl. The number of benzene rings is 2. The van der Waals surface area contributed by atoms with Gasteiger partial charge in [0.15, 0.2) is 0 Å². The molecule has 28 heavy (non-hydrogen) atoms. The van der Waals surface area contributed by atoms with E-state index in [2.05, 4.69) is 5.43 Å². The molecule has 1 saturated heterocycles. The minimum absolute atomic E-state index is 0.00230. The number of ether oxygens (including phenoxy) is 1. The number of hydrogen-bond donors (Lipinski definition) is 1. The summed E-state index contributed by atoms with van der Waals surface area (Å²) in [5.41, 5.74) is 3.88. The van der Waals surface area contributed by atoms with Crippen molar-refractivity contribution in [1.82, 2.24) is 5.43 Å². The van der Waals surface area contributed by atoms with Crippen molar-refractivity contribution in [2.45, 2.75) is 0 Å². The number of anilines is 1. The molecule has 0 bridgehead atoms. The molecule has 2 heterocycles. The number of nitrogens with zero attached hydrogens (tertiary/aromatic N) is 1. The highest BCUT2D eigenvalue weighted by Gasteiger charge is 2.34. The van der Waals surface area contributed by atoms with Gasteiger partial charge >= 0.3 is 0 Å². The Morgan fingerprint density at radius 2 is 1.86 bits per heavy atom. The van der Waals surface area contributed by atoms with Gasteiger partial charge in [0.25, 0.3) is 11.8 Å². The first kappa shape index (κ1) is 17.9. The van der Waals surface area contributed by atoms with Gasteiger partial charge in [-0.15, -0.1) is 0 Å². The number of furan rings is 1. The Morgan fingerprint density at radius 3 is 2.57 bits per heavy atom. The molecule has 6 nitrogen and oxygen atoms in total. The van der Waals surface area contributed by atoms with E-state index in [-0.39, 0.29) is 5.57 Å². The summed E-state index contributed by atoms with van der Waals surface area (Å²) in [5, 5.41) is 1.67. The predicted molar refractivity (Wildman–Crippen MR) is 106 cm³/mol. The molecule has 2 aromatic carbocycles. The molecule has 0 spiro atoms.